The summed E-state index contributed by atoms with van der Waals surface area (Å²) in [5.74, 6) is 0.641. The van der Waals surface area contributed by atoms with E-state index in [2.05, 4.69) is 30.8 Å². The summed E-state index contributed by atoms with van der Waals surface area (Å²) < 4.78 is 19.4. The molecule has 1 heterocycles. The molecule has 1 aromatic heterocycles. The minimum atomic E-state index is -0.336. The number of H-pyrrole nitrogens is 1. The highest BCUT2D eigenvalue weighted by atomic mass is 19.1. The van der Waals surface area contributed by atoms with Crippen molar-refractivity contribution in [2.45, 2.75) is 51.1 Å². The van der Waals surface area contributed by atoms with Gasteiger partial charge >= 0.3 is 0 Å². The number of ether oxygens (including phenoxy) is 1. The fraction of sp³-hybridized carbons (Fsp3) is 0.440. The molecule has 1 aliphatic carbocycles. The number of amides is 1. The summed E-state index contributed by atoms with van der Waals surface area (Å²) in [7, 11) is 3.64. The topological polar surface area (TPSA) is 96.0 Å². The molecule has 180 valence electrons. The Kier molecular flexibility index (Phi) is 6.54. The number of halogens is 1. The number of benzene rings is 2. The zero-order valence-corrected chi connectivity index (χ0v) is 20.2. The van der Waals surface area contributed by atoms with Crippen LogP contribution in [0, 0.1) is 11.7 Å². The molecule has 2 aromatic carbocycles. The smallest absolute Gasteiger partial charge is 0.224 e. The van der Waals surface area contributed by atoms with Gasteiger partial charge in [0, 0.05) is 36.0 Å². The molecule has 1 amide bonds. The van der Waals surface area contributed by atoms with Crippen LogP contribution in [-0.2, 0) is 4.79 Å². The van der Waals surface area contributed by atoms with Gasteiger partial charge in [0.25, 0.3) is 0 Å². The van der Waals surface area contributed by atoms with E-state index < -0.39 is 0 Å². The molecule has 4 rings (SSSR count). The second-order valence-electron chi connectivity index (χ2n) is 9.82. The van der Waals surface area contributed by atoms with Gasteiger partial charge in [-0.15, -0.1) is 5.10 Å². The minimum absolute atomic E-state index is 0.00168. The summed E-state index contributed by atoms with van der Waals surface area (Å²) in [6.45, 7) is 5.93. The van der Waals surface area contributed by atoms with Gasteiger partial charge < -0.3 is 15.0 Å². The van der Waals surface area contributed by atoms with Crippen molar-refractivity contribution in [1.29, 1.82) is 0 Å². The van der Waals surface area contributed by atoms with Crippen LogP contribution in [0.5, 0.6) is 5.75 Å². The number of rotatable bonds is 6. The maximum atomic E-state index is 13.7. The molecule has 3 aromatic rings. The molecule has 3 atom stereocenters. The van der Waals surface area contributed by atoms with Crippen molar-refractivity contribution in [2.24, 2.45) is 5.92 Å². The second kappa shape index (κ2) is 9.40. The lowest BCUT2D eigenvalue weighted by Gasteiger charge is -2.35. The van der Waals surface area contributed by atoms with Gasteiger partial charge in [0.2, 0.25) is 5.91 Å². The highest BCUT2D eigenvalue weighted by molar-refractivity contribution is 5.81. The van der Waals surface area contributed by atoms with Crippen molar-refractivity contribution < 1.29 is 13.9 Å². The van der Waals surface area contributed by atoms with Crippen LogP contribution >= 0.6 is 0 Å². The van der Waals surface area contributed by atoms with Crippen molar-refractivity contribution in [3.8, 4) is 17.1 Å². The first kappa shape index (κ1) is 23.7. The monoisotopic (exact) mass is 466 g/mol. The van der Waals surface area contributed by atoms with E-state index in [1.165, 1.54) is 12.1 Å². The Morgan fingerprint density at radius 3 is 2.53 bits per heavy atom. The molecule has 1 fully saturated rings. The Hall–Kier alpha value is -3.49. The normalized spacial score (nSPS) is 20.2. The highest BCUT2D eigenvalue weighted by Gasteiger charge is 2.44. The van der Waals surface area contributed by atoms with Crippen molar-refractivity contribution in [3.05, 3.63) is 53.8 Å². The molecule has 0 radical (unpaired) electrons. The fourth-order valence-corrected chi connectivity index (χ4v) is 4.88. The Bertz CT molecular complexity index is 1130. The van der Waals surface area contributed by atoms with Gasteiger partial charge in [-0.05, 0) is 79.9 Å². The maximum absolute atomic E-state index is 13.7. The molecule has 2 N–H and O–H groups in total. The van der Waals surface area contributed by atoms with Crippen LogP contribution in [0.15, 0.2) is 42.5 Å². The van der Waals surface area contributed by atoms with Gasteiger partial charge in [0.1, 0.15) is 11.6 Å². The average molecular weight is 467 g/mol. The Labute approximate surface area is 198 Å². The number of hydrogen-bond acceptors (Lipinski definition) is 6. The number of hydrogen-bond donors (Lipinski definition) is 2. The quantitative estimate of drug-likeness (QED) is 0.572. The molecule has 1 aliphatic rings. The zero-order valence-electron chi connectivity index (χ0n) is 20.2. The number of carbonyl (C=O) groups is 1. The van der Waals surface area contributed by atoms with Crippen molar-refractivity contribution >= 4 is 11.6 Å². The Morgan fingerprint density at radius 1 is 1.18 bits per heavy atom. The average Bonchev–Trinajstić information content (AvgIpc) is 3.48. The first-order valence-electron chi connectivity index (χ1n) is 11.4. The van der Waals surface area contributed by atoms with E-state index in [1.54, 1.807) is 19.2 Å². The molecule has 0 aliphatic heterocycles. The Balaban J connectivity index is 1.72. The van der Waals surface area contributed by atoms with E-state index in [9.17, 15) is 9.18 Å². The van der Waals surface area contributed by atoms with Gasteiger partial charge in [0.15, 0.2) is 5.82 Å². The number of tetrazole rings is 1. The first-order chi connectivity index (χ1) is 16.2. The van der Waals surface area contributed by atoms with Crippen LogP contribution in [0.2, 0.25) is 0 Å². The number of nitrogens with zero attached hydrogens (tertiary/aromatic N) is 4. The number of aromatic amines is 1. The molecular weight excluding hydrogens is 435 g/mol. The third-order valence-electron chi connectivity index (χ3n) is 6.39. The lowest BCUT2D eigenvalue weighted by molar-refractivity contribution is -0.126. The van der Waals surface area contributed by atoms with Gasteiger partial charge in [-0.2, -0.15) is 0 Å². The van der Waals surface area contributed by atoms with Crippen LogP contribution in [0.3, 0.4) is 0 Å². The van der Waals surface area contributed by atoms with Crippen molar-refractivity contribution in [1.82, 2.24) is 25.9 Å². The number of aromatic nitrogens is 4. The van der Waals surface area contributed by atoms with E-state index in [0.29, 0.717) is 11.6 Å². The van der Waals surface area contributed by atoms with E-state index in [-0.39, 0.29) is 35.1 Å². The number of methoxy groups -OCH3 is 1. The predicted octanol–water partition coefficient (Wildman–Crippen LogP) is 3.93. The maximum Gasteiger partial charge on any atom is 0.224 e. The van der Waals surface area contributed by atoms with Crippen molar-refractivity contribution in [2.75, 3.05) is 19.1 Å². The van der Waals surface area contributed by atoms with Gasteiger partial charge in [-0.3, -0.25) is 4.79 Å². The molecule has 9 heteroatoms. The van der Waals surface area contributed by atoms with Crippen LogP contribution in [0.4, 0.5) is 10.1 Å². The summed E-state index contributed by atoms with van der Waals surface area (Å²) in [5, 5.41) is 17.3. The lowest BCUT2D eigenvalue weighted by Crippen LogP contribution is -2.46. The summed E-state index contributed by atoms with van der Waals surface area (Å²) in [6, 6.07) is 12.3. The third-order valence-corrected chi connectivity index (χ3v) is 6.39. The molecule has 1 saturated carbocycles. The second-order valence-corrected chi connectivity index (χ2v) is 9.82. The van der Waals surface area contributed by atoms with E-state index in [4.69, 9.17) is 4.74 Å². The molecular formula is C25H31FN6O2. The number of nitrogens with one attached hydrogen (secondary N) is 2. The molecule has 8 nitrogen and oxygen atoms in total. The fourth-order valence-electron chi connectivity index (χ4n) is 4.88. The molecule has 0 saturated heterocycles. The van der Waals surface area contributed by atoms with Crippen LogP contribution < -0.4 is 15.0 Å². The summed E-state index contributed by atoms with van der Waals surface area (Å²) in [4.78, 5) is 15.5. The van der Waals surface area contributed by atoms with Crippen molar-refractivity contribution in [3.63, 3.8) is 0 Å². The number of likely N-dealkylation sites (N-methyl/N-ethyl adjacent to an activating group) is 1. The first-order valence-corrected chi connectivity index (χ1v) is 11.4. The van der Waals surface area contributed by atoms with E-state index in [1.807, 2.05) is 46.0 Å². The summed E-state index contributed by atoms with van der Waals surface area (Å²) in [5.41, 5.74) is 2.30. The lowest BCUT2D eigenvalue weighted by atomic mass is 9.84. The zero-order chi connectivity index (χ0) is 24.5. The van der Waals surface area contributed by atoms with Crippen LogP contribution in [0.1, 0.15) is 45.1 Å². The standard InChI is InChI=1S/C25H31FN6O2/c1-25(2,3)27-24(33)18-11-12-19(22(18)15-6-9-17(26)10-7-15)32(4)20-14-16(8-13-21(20)34-5)23-28-30-31-29-23/h6-10,13-14,18-19,22H,11-12H2,1-5H3,(H,27,33)(H,28,29,30,31)/t18-,19-,22+/m0/s1. The van der Waals surface area contributed by atoms with E-state index >= 15 is 0 Å². The third kappa shape index (κ3) is 4.88. The van der Waals surface area contributed by atoms with Gasteiger partial charge in [-0.25, -0.2) is 9.49 Å². The van der Waals surface area contributed by atoms with E-state index in [0.717, 1.165) is 29.7 Å². The number of carbonyl (C=O) groups excluding carboxylic acids is 1. The van der Waals surface area contributed by atoms with Crippen LogP contribution in [-0.4, -0.2) is 52.3 Å². The van der Waals surface area contributed by atoms with Gasteiger partial charge in [-0.1, -0.05) is 12.1 Å². The largest absolute Gasteiger partial charge is 0.495 e. The predicted molar refractivity (Wildman–Crippen MR) is 128 cm³/mol. The van der Waals surface area contributed by atoms with Gasteiger partial charge in [0.05, 0.1) is 12.8 Å². The minimum Gasteiger partial charge on any atom is -0.495 e. The SMILES string of the molecule is COc1ccc(-c2nnn[nH]2)cc1N(C)[C@H]1CC[C@H](C(=O)NC(C)(C)C)[C@H]1c1ccc(F)cc1. The summed E-state index contributed by atoms with van der Waals surface area (Å²) >= 11 is 0. The highest BCUT2D eigenvalue weighted by Crippen LogP contribution is 2.45. The van der Waals surface area contributed by atoms with Crippen LogP contribution in [0.25, 0.3) is 11.4 Å². The Morgan fingerprint density at radius 2 is 1.91 bits per heavy atom. The molecule has 0 spiro atoms. The summed E-state index contributed by atoms with van der Waals surface area (Å²) in [6.07, 6.45) is 1.53. The molecule has 34 heavy (non-hydrogen) atoms. The number of anilines is 1. The molecule has 0 unspecified atom stereocenters. The molecule has 0 bridgehead atoms.